The van der Waals surface area contributed by atoms with Crippen molar-refractivity contribution in [1.82, 2.24) is 0 Å². The van der Waals surface area contributed by atoms with Crippen molar-refractivity contribution in [3.63, 3.8) is 0 Å². The highest BCUT2D eigenvalue weighted by Gasteiger charge is 2.37. The standard InChI is InChI=1S/C28H52P2/c1-24(2,3)23-17-16-21(19-29(25(4,5)6)26(7,8)9)22(18-23)20-30(27(10,11)12)28(13,14)15/h16-18H,19-20H2,1-15H3. The number of hydrogen-bond donors (Lipinski definition) is 0. The number of hydrogen-bond acceptors (Lipinski definition) is 0. The van der Waals surface area contributed by atoms with Crippen molar-refractivity contribution in [3.05, 3.63) is 34.9 Å². The van der Waals surface area contributed by atoms with Crippen LogP contribution in [0.3, 0.4) is 0 Å². The van der Waals surface area contributed by atoms with Gasteiger partial charge in [-0.25, -0.2) is 0 Å². The second-order valence-electron chi connectivity index (χ2n) is 14.1. The average Bonchev–Trinajstić information content (AvgIpc) is 2.45. The van der Waals surface area contributed by atoms with Crippen molar-refractivity contribution in [2.45, 2.75) is 142 Å². The molecular weight excluding hydrogens is 398 g/mol. The fourth-order valence-corrected chi connectivity index (χ4v) is 11.9. The van der Waals surface area contributed by atoms with E-state index < -0.39 is 0 Å². The van der Waals surface area contributed by atoms with Crippen LogP contribution in [0.2, 0.25) is 0 Å². The van der Waals surface area contributed by atoms with Gasteiger partial charge in [-0.1, -0.05) is 138 Å². The quantitative estimate of drug-likeness (QED) is 0.400. The molecule has 1 aromatic rings. The number of benzene rings is 1. The summed E-state index contributed by atoms with van der Waals surface area (Å²) < 4.78 is 0. The molecule has 1 aromatic carbocycles. The minimum absolute atomic E-state index is 0.147. The molecule has 0 radical (unpaired) electrons. The molecule has 0 aliphatic carbocycles. The zero-order valence-electron chi connectivity index (χ0n) is 23.0. The molecule has 0 spiro atoms. The highest BCUT2D eigenvalue weighted by molar-refractivity contribution is 7.60. The van der Waals surface area contributed by atoms with Gasteiger partial charge in [0, 0.05) is 0 Å². The van der Waals surface area contributed by atoms with E-state index in [9.17, 15) is 0 Å². The summed E-state index contributed by atoms with van der Waals surface area (Å²) >= 11 is 0. The zero-order valence-corrected chi connectivity index (χ0v) is 24.8. The van der Waals surface area contributed by atoms with Crippen molar-refractivity contribution in [2.75, 3.05) is 0 Å². The van der Waals surface area contributed by atoms with Crippen LogP contribution < -0.4 is 0 Å². The molecule has 0 saturated heterocycles. The van der Waals surface area contributed by atoms with Gasteiger partial charge in [0.05, 0.1) is 0 Å². The molecule has 174 valence electrons. The Morgan fingerprint density at radius 2 is 0.833 bits per heavy atom. The molecule has 30 heavy (non-hydrogen) atoms. The Morgan fingerprint density at radius 1 is 0.500 bits per heavy atom. The Kier molecular flexibility index (Phi) is 8.57. The summed E-state index contributed by atoms with van der Waals surface area (Å²) in [5.74, 6) is 0. The molecule has 0 N–H and O–H groups in total. The van der Waals surface area contributed by atoms with E-state index in [1.807, 2.05) is 0 Å². The molecule has 0 aliphatic heterocycles. The molecule has 2 heteroatoms. The van der Waals surface area contributed by atoms with Crippen LogP contribution in [0.5, 0.6) is 0 Å². The molecule has 0 aromatic heterocycles. The highest BCUT2D eigenvalue weighted by atomic mass is 31.1. The number of rotatable bonds is 4. The van der Waals surface area contributed by atoms with E-state index in [2.05, 4.69) is 122 Å². The Hall–Kier alpha value is 0.0800. The van der Waals surface area contributed by atoms with E-state index >= 15 is 0 Å². The van der Waals surface area contributed by atoms with Crippen molar-refractivity contribution in [2.24, 2.45) is 0 Å². The van der Waals surface area contributed by atoms with Gasteiger partial charge in [-0.2, -0.15) is 0 Å². The van der Waals surface area contributed by atoms with Crippen molar-refractivity contribution >= 4 is 15.8 Å². The third-order valence-electron chi connectivity index (χ3n) is 5.97. The van der Waals surface area contributed by atoms with E-state index in [0.717, 1.165) is 0 Å². The summed E-state index contributed by atoms with van der Waals surface area (Å²) in [7, 11) is -0.304. The fraction of sp³-hybridized carbons (Fsp3) is 0.786. The van der Waals surface area contributed by atoms with Gasteiger partial charge < -0.3 is 0 Å². The Labute approximate surface area is 192 Å². The van der Waals surface area contributed by atoms with E-state index in [-0.39, 0.29) is 21.3 Å². The Balaban J connectivity index is 3.58. The molecule has 0 nitrogen and oxygen atoms in total. The zero-order chi connectivity index (χ0) is 23.9. The minimum Gasteiger partial charge on any atom is -0.0911 e. The van der Waals surface area contributed by atoms with Gasteiger partial charge in [0.2, 0.25) is 0 Å². The lowest BCUT2D eigenvalue weighted by Gasteiger charge is -2.44. The molecule has 0 saturated carbocycles. The highest BCUT2D eigenvalue weighted by Crippen LogP contribution is 2.64. The first kappa shape index (κ1) is 28.1. The van der Waals surface area contributed by atoms with Crippen LogP contribution in [-0.4, -0.2) is 20.6 Å². The summed E-state index contributed by atoms with van der Waals surface area (Å²) in [6.07, 6.45) is 2.47. The van der Waals surface area contributed by atoms with Crippen LogP contribution >= 0.6 is 15.8 Å². The van der Waals surface area contributed by atoms with E-state index in [0.29, 0.717) is 20.6 Å². The van der Waals surface area contributed by atoms with E-state index in [1.165, 1.54) is 17.9 Å². The molecule has 0 amide bonds. The van der Waals surface area contributed by atoms with Gasteiger partial charge in [-0.15, -0.1) is 0 Å². The lowest BCUT2D eigenvalue weighted by atomic mass is 9.85. The van der Waals surface area contributed by atoms with Crippen LogP contribution in [-0.2, 0) is 17.7 Å². The molecule has 0 atom stereocenters. The first-order valence-corrected chi connectivity index (χ1v) is 14.8. The third kappa shape index (κ3) is 7.89. The lowest BCUT2D eigenvalue weighted by Crippen LogP contribution is -2.27. The van der Waals surface area contributed by atoms with E-state index in [4.69, 9.17) is 0 Å². The maximum atomic E-state index is 2.57. The van der Waals surface area contributed by atoms with Crippen LogP contribution in [0.4, 0.5) is 0 Å². The maximum Gasteiger partial charge on any atom is -0.00607 e. The molecule has 1 rings (SSSR count). The van der Waals surface area contributed by atoms with Gasteiger partial charge in [0.25, 0.3) is 0 Å². The normalized spacial score (nSPS) is 14.7. The predicted molar refractivity (Wildman–Crippen MR) is 145 cm³/mol. The largest absolute Gasteiger partial charge is 0.0911 e. The van der Waals surface area contributed by atoms with Gasteiger partial charge >= 0.3 is 0 Å². The van der Waals surface area contributed by atoms with Crippen molar-refractivity contribution in [1.29, 1.82) is 0 Å². The molecule has 0 bridgehead atoms. The first-order valence-electron chi connectivity index (χ1n) is 11.7. The SMILES string of the molecule is CC(C)(C)c1ccc(CP(C(C)(C)C)C(C)(C)C)c(CP(C(C)(C)C)C(C)(C)C)c1. The monoisotopic (exact) mass is 450 g/mol. The van der Waals surface area contributed by atoms with Crippen molar-refractivity contribution < 1.29 is 0 Å². The average molecular weight is 451 g/mol. The summed E-state index contributed by atoms with van der Waals surface area (Å²) in [5, 5.41) is 1.40. The van der Waals surface area contributed by atoms with Crippen molar-refractivity contribution in [3.8, 4) is 0 Å². The smallest absolute Gasteiger partial charge is 0.00607 e. The minimum atomic E-state index is -0.157. The predicted octanol–water partition coefficient (Wildman–Crippen LogP) is 10.1. The third-order valence-corrected chi connectivity index (χ3v) is 13.8. The summed E-state index contributed by atoms with van der Waals surface area (Å²) in [4.78, 5) is 0. The first-order chi connectivity index (χ1) is 13.0. The molecule has 0 unspecified atom stereocenters. The van der Waals surface area contributed by atoms with Crippen LogP contribution in [0.25, 0.3) is 0 Å². The second-order valence-corrected chi connectivity index (χ2v) is 21.8. The van der Waals surface area contributed by atoms with E-state index in [1.54, 1.807) is 11.1 Å². The van der Waals surface area contributed by atoms with Crippen LogP contribution in [0, 0.1) is 0 Å². The molecule has 0 aliphatic rings. The molecule has 0 fully saturated rings. The van der Waals surface area contributed by atoms with Crippen LogP contribution in [0.15, 0.2) is 18.2 Å². The van der Waals surface area contributed by atoms with Gasteiger partial charge in [-0.05, 0) is 55.1 Å². The topological polar surface area (TPSA) is 0 Å². The second kappa shape index (κ2) is 9.14. The van der Waals surface area contributed by atoms with Gasteiger partial charge in [0.15, 0.2) is 0 Å². The van der Waals surface area contributed by atoms with Crippen LogP contribution in [0.1, 0.15) is 121 Å². The molecule has 0 heterocycles. The molecular formula is C28H52P2. The summed E-state index contributed by atoms with van der Waals surface area (Å²) in [6.45, 7) is 36.4. The van der Waals surface area contributed by atoms with Gasteiger partial charge in [-0.3, -0.25) is 0 Å². The Morgan fingerprint density at radius 3 is 1.13 bits per heavy atom. The summed E-state index contributed by atoms with van der Waals surface area (Å²) in [6, 6.07) is 7.47. The van der Waals surface area contributed by atoms with Gasteiger partial charge in [0.1, 0.15) is 0 Å². The lowest BCUT2D eigenvalue weighted by molar-refractivity contribution is 0.589. The fourth-order valence-electron chi connectivity index (χ4n) is 4.70. The summed E-state index contributed by atoms with van der Waals surface area (Å²) in [5.41, 5.74) is 4.91. The maximum absolute atomic E-state index is 2.57. The Bertz CT molecular complexity index is 667.